The molecule has 6 aromatic carbocycles. The van der Waals surface area contributed by atoms with Gasteiger partial charge in [-0.15, -0.1) is 0 Å². The zero-order valence-corrected chi connectivity index (χ0v) is 63.4. The van der Waals surface area contributed by atoms with Crippen molar-refractivity contribution in [3.8, 4) is 69.0 Å². The number of carbonyl (C=O) groups is 2. The van der Waals surface area contributed by atoms with Gasteiger partial charge >= 0.3 is 11.9 Å². The molecule has 0 aliphatic heterocycles. The highest BCUT2D eigenvalue weighted by molar-refractivity contribution is 5.70. The first kappa shape index (κ1) is 81.2. The summed E-state index contributed by atoms with van der Waals surface area (Å²) in [5.41, 5.74) is 10.0. The molecular formula is C86H120O16. The molecule has 0 radical (unpaired) electrons. The highest BCUT2D eigenvalue weighted by Crippen LogP contribution is 2.45. The largest absolute Gasteiger partial charge is 0.493 e. The fraction of sp³-hybridized carbons (Fsp3) is 0.558. The molecule has 16 aliphatic carbocycles. The third-order valence-electron chi connectivity index (χ3n) is 18.0. The highest BCUT2D eigenvalue weighted by Gasteiger charge is 2.27. The van der Waals surface area contributed by atoms with Crippen LogP contribution in [0.2, 0.25) is 0 Å². The molecule has 0 saturated heterocycles. The maximum atomic E-state index is 12.6. The van der Waals surface area contributed by atoms with Gasteiger partial charge in [0.25, 0.3) is 0 Å². The number of rotatable bonds is 46. The minimum absolute atomic E-state index is 0.169. The molecule has 0 unspecified atom stereocenters. The third kappa shape index (κ3) is 25.7. The summed E-state index contributed by atoms with van der Waals surface area (Å²) >= 11 is 0. The Morgan fingerprint density at radius 3 is 0.422 bits per heavy atom. The summed E-state index contributed by atoms with van der Waals surface area (Å²) in [6.07, 6.45) is 19.8. The second-order valence-electron chi connectivity index (χ2n) is 26.9. The molecular weight excluding hydrogens is 1290 g/mol. The minimum atomic E-state index is -1.16. The Balaban J connectivity index is 1.62. The van der Waals surface area contributed by atoms with Gasteiger partial charge in [-0.1, -0.05) is 133 Å². The van der Waals surface area contributed by atoms with E-state index < -0.39 is 25.2 Å². The van der Waals surface area contributed by atoms with Crippen LogP contribution < -0.4 is 56.8 Å². The molecule has 12 bridgehead atoms. The fourth-order valence-electron chi connectivity index (χ4n) is 11.9. The molecule has 0 spiro atoms. The molecule has 16 heteroatoms. The standard InChI is InChI=1S/C86H120O16/c1-11-21-31-91-73-47-62-42-64-50-78(96-36-26-16-6)66(52-76(64)94-34-24-14-4)44-68-54-82(100-40-30-20-10)70(56-80(68)98-38-28-18-8)46-72-58-83(101-59-85(87)88)71(57-84(72)102-60-86(89)90)45-69-55-79(97-37-27-17-7)67(53-81(69)99-39-29-19-9)43-65-51-75(93-33-23-13-3)63(49-77(65)95-35-25-15-5)41-61(73)48-74(62)92-32-22-12-2/h47-58H,11-46,59-60H2,1-10H3,(H,87,88)(H,89,90). The van der Waals surface area contributed by atoms with Crippen LogP contribution in [0.5, 0.6) is 69.0 Å². The molecule has 0 amide bonds. The fourth-order valence-corrected chi connectivity index (χ4v) is 11.9. The lowest BCUT2D eigenvalue weighted by atomic mass is 9.92. The van der Waals surface area contributed by atoms with E-state index in [4.69, 9.17) is 56.8 Å². The van der Waals surface area contributed by atoms with E-state index in [1.807, 2.05) is 12.1 Å². The van der Waals surface area contributed by atoms with Gasteiger partial charge in [-0.2, -0.15) is 0 Å². The maximum Gasteiger partial charge on any atom is 0.341 e. The third-order valence-corrected chi connectivity index (χ3v) is 18.0. The van der Waals surface area contributed by atoms with Crippen molar-refractivity contribution in [2.75, 3.05) is 79.3 Å². The van der Waals surface area contributed by atoms with E-state index >= 15 is 0 Å². The molecule has 0 fully saturated rings. The Morgan fingerprint density at radius 1 is 0.216 bits per heavy atom. The summed E-state index contributed by atoms with van der Waals surface area (Å²) in [7, 11) is 0. The van der Waals surface area contributed by atoms with Gasteiger partial charge in [0.1, 0.15) is 69.0 Å². The Kier molecular flexibility index (Phi) is 35.9. The van der Waals surface area contributed by atoms with Gasteiger partial charge in [-0.3, -0.25) is 0 Å². The molecule has 16 aliphatic rings. The van der Waals surface area contributed by atoms with Crippen molar-refractivity contribution in [1.29, 1.82) is 0 Å². The van der Waals surface area contributed by atoms with Crippen molar-refractivity contribution in [3.05, 3.63) is 140 Å². The zero-order chi connectivity index (χ0) is 72.9. The van der Waals surface area contributed by atoms with Crippen LogP contribution in [0.3, 0.4) is 0 Å². The van der Waals surface area contributed by atoms with Gasteiger partial charge in [0.2, 0.25) is 0 Å². The molecule has 560 valence electrons. The van der Waals surface area contributed by atoms with E-state index in [1.54, 1.807) is 12.1 Å². The molecule has 0 aromatic heterocycles. The SMILES string of the molecule is CCCCOc1cc2c(OCCCC)cc1Cc1cc(OCCCC)c(cc1OCCCC)Cc1cc(OCCCC)c(cc1OCCCC)Cc1cc(OCC(=O)O)c(cc1OCC(=O)O)Cc1cc(OCCCC)c(cc1OCCCC)Cc1cc(OCCCC)c(cc1OCCCC)C2. The molecule has 2 N–H and O–H groups in total. The van der Waals surface area contributed by atoms with Gasteiger partial charge in [0.05, 0.1) is 66.1 Å². The van der Waals surface area contributed by atoms with Crippen molar-refractivity contribution in [2.24, 2.45) is 0 Å². The van der Waals surface area contributed by atoms with Crippen molar-refractivity contribution >= 4 is 11.9 Å². The Bertz CT molecular complexity index is 3290. The zero-order valence-electron chi connectivity index (χ0n) is 63.4. The molecule has 6 aromatic rings. The van der Waals surface area contributed by atoms with Gasteiger partial charge in [-0.25, -0.2) is 9.59 Å². The summed E-state index contributed by atoms with van der Waals surface area (Å²) in [5, 5.41) is 20.5. The topological polar surface area (TPSA) is 185 Å². The van der Waals surface area contributed by atoms with Crippen LogP contribution in [-0.4, -0.2) is 101 Å². The van der Waals surface area contributed by atoms with Crippen LogP contribution in [-0.2, 0) is 48.1 Å². The molecule has 0 saturated carbocycles. The quantitative estimate of drug-likeness (QED) is 0.0343. The first-order valence-corrected chi connectivity index (χ1v) is 38.7. The lowest BCUT2D eigenvalue weighted by Crippen LogP contribution is -2.14. The normalized spacial score (nSPS) is 12.0. The number of carboxylic acids is 2. The van der Waals surface area contributed by atoms with Crippen LogP contribution in [0.1, 0.15) is 264 Å². The van der Waals surface area contributed by atoms with Crippen LogP contribution in [0.25, 0.3) is 0 Å². The van der Waals surface area contributed by atoms with Crippen LogP contribution in [0, 0.1) is 0 Å². The summed E-state index contributed by atoms with van der Waals surface area (Å²) in [5.74, 6) is 5.33. The Hall–Kier alpha value is -8.14. The summed E-state index contributed by atoms with van der Waals surface area (Å²) in [6, 6.07) is 24.8. The van der Waals surface area contributed by atoms with Crippen LogP contribution >= 0.6 is 0 Å². The number of carboxylic acid groups (broad SMARTS) is 2. The van der Waals surface area contributed by atoms with Crippen molar-refractivity contribution in [3.63, 3.8) is 0 Å². The minimum Gasteiger partial charge on any atom is -0.493 e. The average Bonchev–Trinajstić information content (AvgIpc) is 0.789. The molecule has 16 nitrogen and oxygen atoms in total. The number of benzene rings is 6. The number of hydrogen-bond acceptors (Lipinski definition) is 14. The molecule has 0 heterocycles. The van der Waals surface area contributed by atoms with Gasteiger partial charge in [0.15, 0.2) is 13.2 Å². The second-order valence-corrected chi connectivity index (χ2v) is 26.9. The summed E-state index contributed by atoms with van der Waals surface area (Å²) in [4.78, 5) is 25.1. The highest BCUT2D eigenvalue weighted by atomic mass is 16.5. The van der Waals surface area contributed by atoms with E-state index in [-0.39, 0.29) is 24.3 Å². The molecule has 22 rings (SSSR count). The number of ether oxygens (including phenoxy) is 12. The number of unbranched alkanes of at least 4 members (excludes halogenated alkanes) is 10. The second kappa shape index (κ2) is 45.1. The summed E-state index contributed by atoms with van der Waals surface area (Å²) in [6.45, 7) is 25.2. The van der Waals surface area contributed by atoms with Crippen molar-refractivity contribution < 1.29 is 76.6 Å². The van der Waals surface area contributed by atoms with Crippen molar-refractivity contribution in [1.82, 2.24) is 0 Å². The van der Waals surface area contributed by atoms with E-state index in [2.05, 4.69) is 118 Å². The Morgan fingerprint density at radius 2 is 0.324 bits per heavy atom. The van der Waals surface area contributed by atoms with E-state index in [9.17, 15) is 19.8 Å². The Labute approximate surface area is 609 Å². The van der Waals surface area contributed by atoms with E-state index in [1.165, 1.54) is 0 Å². The monoisotopic (exact) mass is 1410 g/mol. The lowest BCUT2D eigenvalue weighted by molar-refractivity contribution is -0.140. The van der Waals surface area contributed by atoms with Crippen LogP contribution in [0.15, 0.2) is 72.8 Å². The summed E-state index contributed by atoms with van der Waals surface area (Å²) < 4.78 is 81.6. The predicted molar refractivity (Wildman–Crippen MR) is 406 cm³/mol. The number of aliphatic carboxylic acids is 2. The molecule has 0 atom stereocenters. The smallest absolute Gasteiger partial charge is 0.341 e. The van der Waals surface area contributed by atoms with Crippen molar-refractivity contribution in [2.45, 2.75) is 236 Å². The first-order valence-electron chi connectivity index (χ1n) is 38.7. The predicted octanol–water partition coefficient (Wildman–Crippen LogP) is 20.3. The van der Waals surface area contributed by atoms with Gasteiger partial charge in [-0.05, 0) is 137 Å². The van der Waals surface area contributed by atoms with Gasteiger partial charge in [0, 0.05) is 105 Å². The van der Waals surface area contributed by atoms with E-state index in [0.29, 0.717) is 126 Å². The number of hydrogen-bond donors (Lipinski definition) is 2. The average molecular weight is 1410 g/mol. The first-order chi connectivity index (χ1) is 49.8. The maximum absolute atomic E-state index is 12.6. The van der Waals surface area contributed by atoms with E-state index in [0.717, 1.165) is 219 Å². The lowest BCUT2D eigenvalue weighted by Gasteiger charge is -2.23. The van der Waals surface area contributed by atoms with Gasteiger partial charge < -0.3 is 67.1 Å². The van der Waals surface area contributed by atoms with Crippen LogP contribution in [0.4, 0.5) is 0 Å². The molecule has 102 heavy (non-hydrogen) atoms.